The van der Waals surface area contributed by atoms with Crippen LogP contribution >= 0.6 is 11.8 Å². The highest BCUT2D eigenvalue weighted by Gasteiger charge is 2.17. The maximum absolute atomic E-state index is 6.01. The highest BCUT2D eigenvalue weighted by molar-refractivity contribution is 7.98. The first kappa shape index (κ1) is 22.0. The largest absolute Gasteiger partial charge is 0.497 e. The van der Waals surface area contributed by atoms with Crippen molar-refractivity contribution in [2.24, 2.45) is 0 Å². The number of fused-ring (bicyclic) bond motifs is 1. The lowest BCUT2D eigenvalue weighted by molar-refractivity contribution is 0.414. The van der Waals surface area contributed by atoms with Crippen LogP contribution in [0.25, 0.3) is 22.5 Å². The van der Waals surface area contributed by atoms with Gasteiger partial charge in [-0.2, -0.15) is 0 Å². The van der Waals surface area contributed by atoms with E-state index in [1.165, 1.54) is 5.56 Å². The van der Waals surface area contributed by atoms with Gasteiger partial charge >= 0.3 is 0 Å². The van der Waals surface area contributed by atoms with Crippen molar-refractivity contribution in [3.63, 3.8) is 0 Å². The van der Waals surface area contributed by atoms with E-state index in [1.54, 1.807) is 32.2 Å². The normalized spacial score (nSPS) is 11.1. The highest BCUT2D eigenvalue weighted by Crippen LogP contribution is 2.30. The second-order valence-electron chi connectivity index (χ2n) is 7.74. The third-order valence-corrected chi connectivity index (χ3v) is 6.60. The Morgan fingerprint density at radius 1 is 0.971 bits per heavy atom. The number of nitrogens with zero attached hydrogens (tertiary/aromatic N) is 4. The van der Waals surface area contributed by atoms with E-state index in [0.717, 1.165) is 50.5 Å². The molecule has 0 radical (unpaired) electrons. The molecule has 0 aliphatic rings. The molecule has 5 rings (SSSR count). The lowest BCUT2D eigenvalue weighted by Gasteiger charge is -2.08. The number of hydrogen-bond acceptors (Lipinski definition) is 7. The van der Waals surface area contributed by atoms with Gasteiger partial charge in [0.05, 0.1) is 38.0 Å². The molecule has 3 heterocycles. The number of benzene rings is 2. The topological polar surface area (TPSA) is 75.2 Å². The molecule has 7 nitrogen and oxygen atoms in total. The minimum Gasteiger partial charge on any atom is -0.497 e. The van der Waals surface area contributed by atoms with Crippen molar-refractivity contribution in [3.05, 3.63) is 84.0 Å². The fourth-order valence-corrected chi connectivity index (χ4v) is 4.66. The first-order valence-corrected chi connectivity index (χ1v) is 11.8. The van der Waals surface area contributed by atoms with E-state index < -0.39 is 0 Å². The fraction of sp³-hybridized carbons (Fsp3) is 0.192. The van der Waals surface area contributed by atoms with Gasteiger partial charge in [-0.15, -0.1) is 0 Å². The number of hydrogen-bond donors (Lipinski definition) is 0. The van der Waals surface area contributed by atoms with Gasteiger partial charge in [0, 0.05) is 17.5 Å². The van der Waals surface area contributed by atoms with E-state index in [1.807, 2.05) is 61.7 Å². The molecule has 0 atom stereocenters. The molecule has 0 fully saturated rings. The molecule has 0 saturated heterocycles. The zero-order chi connectivity index (χ0) is 23.5. The summed E-state index contributed by atoms with van der Waals surface area (Å²) in [6.45, 7) is 2.48. The van der Waals surface area contributed by atoms with Crippen LogP contribution in [-0.2, 0) is 12.3 Å². The summed E-state index contributed by atoms with van der Waals surface area (Å²) in [4.78, 5) is 14.0. The van der Waals surface area contributed by atoms with Crippen molar-refractivity contribution >= 4 is 22.8 Å². The number of rotatable bonds is 8. The van der Waals surface area contributed by atoms with Gasteiger partial charge in [0.2, 0.25) is 5.89 Å². The maximum atomic E-state index is 6.01. The van der Waals surface area contributed by atoms with E-state index in [9.17, 15) is 0 Å². The van der Waals surface area contributed by atoms with Crippen LogP contribution in [0.15, 0.2) is 76.6 Å². The summed E-state index contributed by atoms with van der Waals surface area (Å²) in [6.07, 6.45) is 3.61. The molecule has 0 aliphatic carbocycles. The standard InChI is InChI=1S/C26H24N4O3S/c1-17-23(28-25(33-17)19-7-9-20(31-2)10-8-19)15-30-24-14-27-12-11-22(24)29-26(30)34-16-18-5-4-6-21(13-18)32-3/h4-14H,15-16H2,1-3H3. The van der Waals surface area contributed by atoms with Crippen molar-refractivity contribution in [1.82, 2.24) is 19.5 Å². The average molecular weight is 473 g/mol. The number of aryl methyl sites for hydroxylation is 1. The fourth-order valence-electron chi connectivity index (χ4n) is 3.70. The highest BCUT2D eigenvalue weighted by atomic mass is 32.2. The summed E-state index contributed by atoms with van der Waals surface area (Å²) >= 11 is 1.67. The van der Waals surface area contributed by atoms with Crippen molar-refractivity contribution in [1.29, 1.82) is 0 Å². The van der Waals surface area contributed by atoms with Gasteiger partial charge < -0.3 is 18.5 Å². The molecule has 0 aliphatic heterocycles. The van der Waals surface area contributed by atoms with Gasteiger partial charge in [0.25, 0.3) is 0 Å². The zero-order valence-corrected chi connectivity index (χ0v) is 20.0. The van der Waals surface area contributed by atoms with Crippen LogP contribution in [0.5, 0.6) is 11.5 Å². The Kier molecular flexibility index (Phi) is 6.22. The van der Waals surface area contributed by atoms with E-state index >= 15 is 0 Å². The Morgan fingerprint density at radius 2 is 1.79 bits per heavy atom. The second kappa shape index (κ2) is 9.61. The maximum Gasteiger partial charge on any atom is 0.226 e. The predicted molar refractivity (Wildman–Crippen MR) is 132 cm³/mol. The summed E-state index contributed by atoms with van der Waals surface area (Å²) in [6, 6.07) is 17.7. The number of imidazole rings is 1. The quantitative estimate of drug-likeness (QED) is 0.266. The molecular formula is C26H24N4O3S. The molecule has 34 heavy (non-hydrogen) atoms. The van der Waals surface area contributed by atoms with Crippen LogP contribution in [-0.4, -0.2) is 33.7 Å². The van der Waals surface area contributed by atoms with Gasteiger partial charge in [-0.25, -0.2) is 9.97 Å². The number of methoxy groups -OCH3 is 2. The van der Waals surface area contributed by atoms with Gasteiger partial charge in [-0.05, 0) is 55.0 Å². The molecule has 172 valence electrons. The van der Waals surface area contributed by atoms with Gasteiger partial charge in [-0.3, -0.25) is 4.98 Å². The number of pyridine rings is 1. The molecule has 5 aromatic rings. The number of aromatic nitrogens is 4. The lowest BCUT2D eigenvalue weighted by Crippen LogP contribution is -2.03. The van der Waals surface area contributed by atoms with Crippen LogP contribution in [0, 0.1) is 6.92 Å². The Bertz CT molecular complexity index is 1430. The molecule has 2 aromatic carbocycles. The summed E-state index contributed by atoms with van der Waals surface area (Å²) in [5.41, 5.74) is 4.79. The zero-order valence-electron chi connectivity index (χ0n) is 19.2. The van der Waals surface area contributed by atoms with E-state index in [2.05, 4.69) is 15.6 Å². The second-order valence-corrected chi connectivity index (χ2v) is 8.68. The predicted octanol–water partition coefficient (Wildman–Crippen LogP) is 5.75. The van der Waals surface area contributed by atoms with Crippen LogP contribution < -0.4 is 9.47 Å². The molecule has 0 unspecified atom stereocenters. The first-order valence-electron chi connectivity index (χ1n) is 10.8. The van der Waals surface area contributed by atoms with Crippen LogP contribution in [0.2, 0.25) is 0 Å². The molecule has 0 bridgehead atoms. The lowest BCUT2D eigenvalue weighted by atomic mass is 10.2. The van der Waals surface area contributed by atoms with E-state index in [4.69, 9.17) is 23.9 Å². The Morgan fingerprint density at radius 3 is 2.59 bits per heavy atom. The summed E-state index contributed by atoms with van der Waals surface area (Å²) < 4.78 is 18.8. The molecule has 3 aromatic heterocycles. The first-order chi connectivity index (χ1) is 16.6. The molecule has 0 N–H and O–H groups in total. The molecule has 0 amide bonds. The third-order valence-electron chi connectivity index (χ3n) is 5.56. The van der Waals surface area contributed by atoms with Crippen LogP contribution in [0.4, 0.5) is 0 Å². The number of ether oxygens (including phenoxy) is 2. The minimum absolute atomic E-state index is 0.536. The monoisotopic (exact) mass is 472 g/mol. The third kappa shape index (κ3) is 4.49. The van der Waals surface area contributed by atoms with Crippen molar-refractivity contribution in [3.8, 4) is 23.0 Å². The van der Waals surface area contributed by atoms with Crippen molar-refractivity contribution < 1.29 is 13.9 Å². The van der Waals surface area contributed by atoms with Gasteiger partial charge in [0.1, 0.15) is 23.0 Å². The molecule has 0 saturated carbocycles. The van der Waals surface area contributed by atoms with E-state index in [0.29, 0.717) is 12.4 Å². The van der Waals surface area contributed by atoms with Crippen molar-refractivity contribution in [2.75, 3.05) is 14.2 Å². The molecular weight excluding hydrogens is 448 g/mol. The molecule has 8 heteroatoms. The van der Waals surface area contributed by atoms with Gasteiger partial charge in [0.15, 0.2) is 5.16 Å². The summed E-state index contributed by atoms with van der Waals surface area (Å²) in [5.74, 6) is 3.77. The SMILES string of the molecule is COc1ccc(-c2nc(Cn3c(SCc4cccc(OC)c4)nc4ccncc43)c(C)o2)cc1. The Labute approximate surface area is 201 Å². The number of oxazole rings is 1. The smallest absolute Gasteiger partial charge is 0.226 e. The Hall–Kier alpha value is -3.78. The summed E-state index contributed by atoms with van der Waals surface area (Å²) in [7, 11) is 3.33. The average Bonchev–Trinajstić information content (AvgIpc) is 3.43. The van der Waals surface area contributed by atoms with Crippen LogP contribution in [0.3, 0.4) is 0 Å². The van der Waals surface area contributed by atoms with Crippen LogP contribution in [0.1, 0.15) is 17.0 Å². The summed E-state index contributed by atoms with van der Waals surface area (Å²) in [5, 5.41) is 0.902. The Balaban J connectivity index is 1.44. The molecule has 0 spiro atoms. The van der Waals surface area contributed by atoms with Crippen molar-refractivity contribution in [2.45, 2.75) is 24.4 Å². The number of thioether (sulfide) groups is 1. The van der Waals surface area contributed by atoms with Gasteiger partial charge in [-0.1, -0.05) is 23.9 Å². The minimum atomic E-state index is 0.536. The van der Waals surface area contributed by atoms with E-state index in [-0.39, 0.29) is 0 Å².